The summed E-state index contributed by atoms with van der Waals surface area (Å²) < 4.78 is 0. The van der Waals surface area contributed by atoms with Gasteiger partial charge in [0.25, 0.3) is 0 Å². The van der Waals surface area contributed by atoms with Crippen molar-refractivity contribution >= 4 is 5.84 Å². The molecule has 0 aromatic heterocycles. The van der Waals surface area contributed by atoms with Crippen LogP contribution in [0.4, 0.5) is 0 Å². The smallest absolute Gasteiger partial charge is 0.140 e. The summed E-state index contributed by atoms with van der Waals surface area (Å²) in [5.41, 5.74) is 5.67. The molecule has 0 heterocycles. The van der Waals surface area contributed by atoms with E-state index in [0.717, 1.165) is 19.5 Å². The summed E-state index contributed by atoms with van der Waals surface area (Å²) >= 11 is 0. The van der Waals surface area contributed by atoms with Crippen molar-refractivity contribution in [3.05, 3.63) is 0 Å². The molecule has 0 rings (SSSR count). The number of nitrogens with two attached hydrogens (primary N) is 1. The van der Waals surface area contributed by atoms with E-state index in [2.05, 4.69) is 31.2 Å². The van der Waals surface area contributed by atoms with Crippen molar-refractivity contribution in [2.75, 3.05) is 13.1 Å². The molecule has 0 aromatic carbocycles. The molecular formula is C9H21N3O. The molecule has 0 aromatic rings. The fourth-order valence-electron chi connectivity index (χ4n) is 0.855. The minimum absolute atomic E-state index is 0.281. The molecule has 0 bridgehead atoms. The van der Waals surface area contributed by atoms with Crippen LogP contribution in [0.15, 0.2) is 5.16 Å². The molecule has 0 aliphatic heterocycles. The van der Waals surface area contributed by atoms with Crippen LogP contribution in [0, 0.1) is 5.41 Å². The zero-order valence-corrected chi connectivity index (χ0v) is 8.80. The summed E-state index contributed by atoms with van der Waals surface area (Å²) in [6.45, 7) is 8.36. The zero-order valence-electron chi connectivity index (χ0n) is 8.80. The molecule has 0 spiro atoms. The van der Waals surface area contributed by atoms with E-state index in [1.54, 1.807) is 0 Å². The highest BCUT2D eigenvalue weighted by Crippen LogP contribution is 2.16. The molecule has 0 radical (unpaired) electrons. The van der Waals surface area contributed by atoms with Crippen LogP contribution in [0.3, 0.4) is 0 Å². The van der Waals surface area contributed by atoms with Crippen molar-refractivity contribution < 1.29 is 5.21 Å². The van der Waals surface area contributed by atoms with E-state index in [0.29, 0.717) is 11.8 Å². The van der Waals surface area contributed by atoms with E-state index in [1.807, 2.05) is 0 Å². The number of nitrogens with zero attached hydrogens (tertiary/aromatic N) is 1. The van der Waals surface area contributed by atoms with Crippen molar-refractivity contribution in [3.8, 4) is 0 Å². The van der Waals surface area contributed by atoms with Crippen molar-refractivity contribution in [3.63, 3.8) is 0 Å². The standard InChI is InChI=1S/C9H21N3O/c1-9(2,3)5-7-11-6-4-8(10)12-13/h11,13H,4-7H2,1-3H3,(H2,10,12). The first-order valence-corrected chi connectivity index (χ1v) is 4.63. The number of oxime groups is 1. The average Bonchev–Trinajstić information content (AvgIpc) is 2.01. The maximum atomic E-state index is 8.26. The van der Waals surface area contributed by atoms with Gasteiger partial charge in [0.15, 0.2) is 0 Å². The Balaban J connectivity index is 3.28. The number of hydrogen-bond acceptors (Lipinski definition) is 3. The van der Waals surface area contributed by atoms with E-state index in [9.17, 15) is 0 Å². The molecule has 13 heavy (non-hydrogen) atoms. The Bertz CT molecular complexity index is 161. The normalized spacial score (nSPS) is 13.3. The minimum atomic E-state index is 0.281. The molecule has 0 saturated carbocycles. The molecule has 78 valence electrons. The van der Waals surface area contributed by atoms with Gasteiger partial charge in [-0.1, -0.05) is 25.9 Å². The maximum absolute atomic E-state index is 8.26. The second kappa shape index (κ2) is 5.80. The predicted octanol–water partition coefficient (Wildman–Crippen LogP) is 1.15. The Morgan fingerprint density at radius 2 is 2.00 bits per heavy atom. The number of nitrogens with one attached hydrogen (secondary N) is 1. The average molecular weight is 187 g/mol. The van der Waals surface area contributed by atoms with Gasteiger partial charge in [0, 0.05) is 13.0 Å². The summed E-state index contributed by atoms with van der Waals surface area (Å²) in [6.07, 6.45) is 1.73. The third kappa shape index (κ3) is 9.14. The van der Waals surface area contributed by atoms with E-state index in [1.165, 1.54) is 0 Å². The van der Waals surface area contributed by atoms with E-state index >= 15 is 0 Å². The van der Waals surface area contributed by atoms with Gasteiger partial charge in [-0.05, 0) is 18.4 Å². The van der Waals surface area contributed by atoms with Crippen LogP contribution in [0.25, 0.3) is 0 Å². The van der Waals surface area contributed by atoms with Crippen LogP contribution < -0.4 is 11.1 Å². The molecule has 0 aliphatic carbocycles. The number of hydrogen-bond donors (Lipinski definition) is 3. The molecule has 0 atom stereocenters. The molecule has 0 saturated heterocycles. The first kappa shape index (κ1) is 12.2. The van der Waals surface area contributed by atoms with Crippen LogP contribution >= 0.6 is 0 Å². The monoisotopic (exact) mass is 187 g/mol. The van der Waals surface area contributed by atoms with Gasteiger partial charge in [-0.25, -0.2) is 0 Å². The van der Waals surface area contributed by atoms with Crippen LogP contribution in [0.2, 0.25) is 0 Å². The van der Waals surface area contributed by atoms with Gasteiger partial charge in [0.2, 0.25) is 0 Å². The van der Waals surface area contributed by atoms with E-state index in [4.69, 9.17) is 10.9 Å². The lowest BCUT2D eigenvalue weighted by molar-refractivity contribution is 0.316. The Kier molecular flexibility index (Phi) is 5.46. The molecular weight excluding hydrogens is 166 g/mol. The number of amidine groups is 1. The van der Waals surface area contributed by atoms with Gasteiger partial charge >= 0.3 is 0 Å². The summed E-state index contributed by atoms with van der Waals surface area (Å²) in [5, 5.41) is 14.4. The highest BCUT2D eigenvalue weighted by Gasteiger charge is 2.08. The molecule has 4 N–H and O–H groups in total. The van der Waals surface area contributed by atoms with Crippen LogP contribution in [0.1, 0.15) is 33.6 Å². The lowest BCUT2D eigenvalue weighted by Gasteiger charge is -2.17. The molecule has 0 fully saturated rings. The maximum Gasteiger partial charge on any atom is 0.140 e. The van der Waals surface area contributed by atoms with Gasteiger partial charge in [0.1, 0.15) is 5.84 Å². The fraction of sp³-hybridized carbons (Fsp3) is 0.889. The van der Waals surface area contributed by atoms with Crippen LogP contribution in [-0.4, -0.2) is 24.1 Å². The molecule has 0 unspecified atom stereocenters. The summed E-state index contributed by atoms with van der Waals surface area (Å²) in [7, 11) is 0. The second-order valence-electron chi connectivity index (χ2n) is 4.40. The quantitative estimate of drug-likeness (QED) is 0.199. The van der Waals surface area contributed by atoms with Gasteiger partial charge in [0.05, 0.1) is 0 Å². The summed E-state index contributed by atoms with van der Waals surface area (Å²) in [5.74, 6) is 0.281. The Morgan fingerprint density at radius 3 is 2.46 bits per heavy atom. The highest BCUT2D eigenvalue weighted by atomic mass is 16.4. The summed E-state index contributed by atoms with van der Waals surface area (Å²) in [4.78, 5) is 0. The van der Waals surface area contributed by atoms with Crippen LogP contribution in [-0.2, 0) is 0 Å². The second-order valence-corrected chi connectivity index (χ2v) is 4.40. The van der Waals surface area contributed by atoms with Crippen molar-refractivity contribution in [2.24, 2.45) is 16.3 Å². The predicted molar refractivity (Wildman–Crippen MR) is 55.0 cm³/mol. The van der Waals surface area contributed by atoms with Gasteiger partial charge < -0.3 is 16.3 Å². The van der Waals surface area contributed by atoms with Crippen LogP contribution in [0.5, 0.6) is 0 Å². The fourth-order valence-corrected chi connectivity index (χ4v) is 0.855. The third-order valence-electron chi connectivity index (χ3n) is 1.74. The molecule has 0 aliphatic rings. The first-order chi connectivity index (χ1) is 5.95. The molecule has 0 amide bonds. The lowest BCUT2D eigenvalue weighted by atomic mass is 9.92. The molecule has 4 heteroatoms. The highest BCUT2D eigenvalue weighted by molar-refractivity contribution is 5.79. The van der Waals surface area contributed by atoms with Gasteiger partial charge in [-0.3, -0.25) is 0 Å². The minimum Gasteiger partial charge on any atom is -0.409 e. The van der Waals surface area contributed by atoms with Crippen molar-refractivity contribution in [1.82, 2.24) is 5.32 Å². The lowest BCUT2D eigenvalue weighted by Crippen LogP contribution is -2.25. The molecule has 4 nitrogen and oxygen atoms in total. The van der Waals surface area contributed by atoms with Gasteiger partial charge in [-0.15, -0.1) is 0 Å². The van der Waals surface area contributed by atoms with Gasteiger partial charge in [-0.2, -0.15) is 0 Å². The topological polar surface area (TPSA) is 70.6 Å². The zero-order chi connectivity index (χ0) is 10.3. The summed E-state index contributed by atoms with van der Waals surface area (Å²) in [6, 6.07) is 0. The third-order valence-corrected chi connectivity index (χ3v) is 1.74. The largest absolute Gasteiger partial charge is 0.409 e. The van der Waals surface area contributed by atoms with E-state index < -0.39 is 0 Å². The Hall–Kier alpha value is -0.770. The van der Waals surface area contributed by atoms with Crippen molar-refractivity contribution in [1.29, 1.82) is 0 Å². The Labute approximate surface area is 80.2 Å². The van der Waals surface area contributed by atoms with Crippen molar-refractivity contribution in [2.45, 2.75) is 33.6 Å². The SMILES string of the molecule is CC(C)(C)CCNCCC(N)=NO. The van der Waals surface area contributed by atoms with E-state index in [-0.39, 0.29) is 5.84 Å². The first-order valence-electron chi connectivity index (χ1n) is 4.63. The Morgan fingerprint density at radius 1 is 1.38 bits per heavy atom. The number of rotatable bonds is 5.